The van der Waals surface area contributed by atoms with Gasteiger partial charge in [-0.15, -0.1) is 0 Å². The summed E-state index contributed by atoms with van der Waals surface area (Å²) in [5.41, 5.74) is 2.29. The van der Waals surface area contributed by atoms with Gasteiger partial charge in [-0.25, -0.2) is 0 Å². The van der Waals surface area contributed by atoms with Gasteiger partial charge in [0.2, 0.25) is 23.5 Å². The maximum atomic E-state index is 13.2. The summed E-state index contributed by atoms with van der Waals surface area (Å²) >= 11 is 5.93. The lowest BCUT2D eigenvalue weighted by Gasteiger charge is -2.35. The Labute approximate surface area is 190 Å². The first kappa shape index (κ1) is 20.7. The van der Waals surface area contributed by atoms with E-state index in [0.29, 0.717) is 29.0 Å². The molecule has 0 spiro atoms. The summed E-state index contributed by atoms with van der Waals surface area (Å²) in [7, 11) is 0. The van der Waals surface area contributed by atoms with Crippen LogP contribution in [0.2, 0.25) is 5.02 Å². The Hall–Kier alpha value is -3.23. The van der Waals surface area contributed by atoms with Gasteiger partial charge in [-0.05, 0) is 62.3 Å². The first-order chi connectivity index (χ1) is 15.6. The molecule has 2 aromatic carbocycles. The number of hydrogen-bond donors (Lipinski definition) is 1. The SMILES string of the molecule is O=C1CN(C(=O)C2CCN(Cc3nc(-c4ccc(Cl)cc4)no3)CC2)c2ccccc2N1. The number of likely N-dealkylation sites (tertiary alicyclic amines) is 1. The lowest BCUT2D eigenvalue weighted by molar-refractivity contribution is -0.126. The van der Waals surface area contributed by atoms with E-state index >= 15 is 0 Å². The quantitative estimate of drug-likeness (QED) is 0.651. The number of carbonyl (C=O) groups excluding carboxylic acids is 2. The minimum absolute atomic E-state index is 0.00904. The predicted molar refractivity (Wildman–Crippen MR) is 120 cm³/mol. The van der Waals surface area contributed by atoms with Crippen molar-refractivity contribution in [3.8, 4) is 11.4 Å². The Balaban J connectivity index is 1.19. The van der Waals surface area contributed by atoms with Crippen LogP contribution in [0.25, 0.3) is 11.4 Å². The zero-order valence-electron chi connectivity index (χ0n) is 17.3. The molecule has 0 aliphatic carbocycles. The first-order valence-electron chi connectivity index (χ1n) is 10.6. The van der Waals surface area contributed by atoms with Crippen LogP contribution in [-0.4, -0.2) is 46.5 Å². The van der Waals surface area contributed by atoms with Gasteiger partial charge in [0, 0.05) is 16.5 Å². The maximum absolute atomic E-state index is 13.2. The number of nitrogens with zero attached hydrogens (tertiary/aromatic N) is 4. The Morgan fingerprint density at radius 2 is 1.88 bits per heavy atom. The van der Waals surface area contributed by atoms with Crippen LogP contribution >= 0.6 is 11.6 Å². The fourth-order valence-corrected chi connectivity index (χ4v) is 4.34. The van der Waals surface area contributed by atoms with E-state index in [0.717, 1.165) is 37.2 Å². The summed E-state index contributed by atoms with van der Waals surface area (Å²) in [6, 6.07) is 14.7. The van der Waals surface area contributed by atoms with Gasteiger partial charge in [0.05, 0.1) is 17.9 Å². The van der Waals surface area contributed by atoms with E-state index in [9.17, 15) is 9.59 Å². The predicted octanol–water partition coefficient (Wildman–Crippen LogP) is 3.59. The van der Waals surface area contributed by atoms with E-state index in [4.69, 9.17) is 16.1 Å². The fraction of sp³-hybridized carbons (Fsp3) is 0.304. The summed E-state index contributed by atoms with van der Waals surface area (Å²) in [5, 5.41) is 7.54. The van der Waals surface area contributed by atoms with Crippen LogP contribution in [-0.2, 0) is 16.1 Å². The van der Waals surface area contributed by atoms with E-state index < -0.39 is 0 Å². The average Bonchev–Trinajstić information content (AvgIpc) is 3.27. The molecule has 0 unspecified atom stereocenters. The highest BCUT2D eigenvalue weighted by atomic mass is 35.5. The van der Waals surface area contributed by atoms with Gasteiger partial charge >= 0.3 is 0 Å². The van der Waals surface area contributed by atoms with Crippen LogP contribution in [0.15, 0.2) is 53.1 Å². The number of piperidine rings is 1. The molecule has 2 amide bonds. The van der Waals surface area contributed by atoms with Crippen LogP contribution < -0.4 is 10.2 Å². The first-order valence-corrected chi connectivity index (χ1v) is 11.0. The van der Waals surface area contributed by atoms with Gasteiger partial charge in [0.1, 0.15) is 6.54 Å². The van der Waals surface area contributed by atoms with Gasteiger partial charge in [-0.3, -0.25) is 14.5 Å². The smallest absolute Gasteiger partial charge is 0.244 e. The average molecular weight is 452 g/mol. The molecule has 32 heavy (non-hydrogen) atoms. The Kier molecular flexibility index (Phi) is 5.63. The van der Waals surface area contributed by atoms with Crippen molar-refractivity contribution in [3.05, 3.63) is 59.4 Å². The molecule has 2 aliphatic heterocycles. The lowest BCUT2D eigenvalue weighted by Crippen LogP contribution is -2.47. The maximum Gasteiger partial charge on any atom is 0.244 e. The fourth-order valence-electron chi connectivity index (χ4n) is 4.21. The standard InChI is InChI=1S/C23H22ClN5O3/c24-17-7-5-15(6-8-17)22-26-21(32-27-22)14-28-11-9-16(10-12-28)23(31)29-13-20(30)25-18-3-1-2-4-19(18)29/h1-8,16H,9-14H2,(H,25,30). The molecule has 3 heterocycles. The van der Waals surface area contributed by atoms with E-state index in [1.807, 2.05) is 36.4 Å². The van der Waals surface area contributed by atoms with Crippen molar-refractivity contribution in [1.82, 2.24) is 15.0 Å². The number of halogens is 1. The van der Waals surface area contributed by atoms with Crippen LogP contribution in [0.5, 0.6) is 0 Å². The molecule has 0 saturated carbocycles. The van der Waals surface area contributed by atoms with Gasteiger partial charge in [-0.1, -0.05) is 28.9 Å². The van der Waals surface area contributed by atoms with Gasteiger partial charge < -0.3 is 14.7 Å². The van der Waals surface area contributed by atoms with E-state index in [-0.39, 0.29) is 24.3 Å². The zero-order chi connectivity index (χ0) is 22.1. The molecule has 0 radical (unpaired) electrons. The topological polar surface area (TPSA) is 91.6 Å². The Morgan fingerprint density at radius 1 is 1.12 bits per heavy atom. The summed E-state index contributed by atoms with van der Waals surface area (Å²) in [6.45, 7) is 2.09. The van der Waals surface area contributed by atoms with Gasteiger partial charge in [0.15, 0.2) is 0 Å². The second kappa shape index (κ2) is 8.72. The normalized spacial score (nSPS) is 17.2. The van der Waals surface area contributed by atoms with Crippen molar-refractivity contribution in [1.29, 1.82) is 0 Å². The summed E-state index contributed by atoms with van der Waals surface area (Å²) in [4.78, 5) is 33.6. The third-order valence-corrected chi connectivity index (χ3v) is 6.15. The van der Waals surface area contributed by atoms with Crippen molar-refractivity contribution in [2.75, 3.05) is 29.9 Å². The molecule has 2 aliphatic rings. The molecule has 1 N–H and O–H groups in total. The van der Waals surface area contributed by atoms with Crippen molar-refractivity contribution in [3.63, 3.8) is 0 Å². The highest BCUT2D eigenvalue weighted by Crippen LogP contribution is 2.32. The lowest BCUT2D eigenvalue weighted by atomic mass is 9.94. The third-order valence-electron chi connectivity index (χ3n) is 5.90. The molecule has 0 atom stereocenters. The van der Waals surface area contributed by atoms with Crippen LogP contribution in [0.3, 0.4) is 0 Å². The van der Waals surface area contributed by atoms with E-state index in [2.05, 4.69) is 20.4 Å². The largest absolute Gasteiger partial charge is 0.338 e. The monoisotopic (exact) mass is 451 g/mol. The number of hydrogen-bond acceptors (Lipinski definition) is 6. The molecule has 9 heteroatoms. The molecule has 1 saturated heterocycles. The van der Waals surface area contributed by atoms with Crippen molar-refractivity contribution >= 4 is 34.8 Å². The molecule has 8 nitrogen and oxygen atoms in total. The van der Waals surface area contributed by atoms with Crippen molar-refractivity contribution < 1.29 is 14.1 Å². The van der Waals surface area contributed by atoms with E-state index in [1.54, 1.807) is 17.0 Å². The number of carbonyl (C=O) groups is 2. The van der Waals surface area contributed by atoms with Gasteiger partial charge in [0.25, 0.3) is 0 Å². The number of aromatic nitrogens is 2. The molecular formula is C23H22ClN5O3. The molecule has 1 fully saturated rings. The molecular weight excluding hydrogens is 430 g/mol. The number of nitrogens with one attached hydrogen (secondary N) is 1. The van der Waals surface area contributed by atoms with Crippen LogP contribution in [0.4, 0.5) is 11.4 Å². The number of para-hydroxylation sites is 2. The van der Waals surface area contributed by atoms with Crippen LogP contribution in [0.1, 0.15) is 18.7 Å². The summed E-state index contributed by atoms with van der Waals surface area (Å²) < 4.78 is 5.42. The van der Waals surface area contributed by atoms with Crippen LogP contribution in [0, 0.1) is 5.92 Å². The Morgan fingerprint density at radius 3 is 2.66 bits per heavy atom. The van der Waals surface area contributed by atoms with Crippen molar-refractivity contribution in [2.45, 2.75) is 19.4 Å². The third kappa shape index (κ3) is 4.24. The number of amides is 2. The van der Waals surface area contributed by atoms with Crippen molar-refractivity contribution in [2.24, 2.45) is 5.92 Å². The number of anilines is 2. The number of fused-ring (bicyclic) bond motifs is 1. The minimum Gasteiger partial charge on any atom is -0.338 e. The highest BCUT2D eigenvalue weighted by molar-refractivity contribution is 6.30. The summed E-state index contributed by atoms with van der Waals surface area (Å²) in [6.07, 6.45) is 1.44. The second-order valence-electron chi connectivity index (χ2n) is 8.06. The minimum atomic E-state index is -0.164. The molecule has 5 rings (SSSR count). The highest BCUT2D eigenvalue weighted by Gasteiger charge is 2.33. The second-order valence-corrected chi connectivity index (χ2v) is 8.50. The zero-order valence-corrected chi connectivity index (χ0v) is 18.1. The molecule has 3 aromatic rings. The molecule has 1 aromatic heterocycles. The Bertz CT molecular complexity index is 1140. The van der Waals surface area contributed by atoms with Gasteiger partial charge in [-0.2, -0.15) is 4.98 Å². The summed E-state index contributed by atoms with van der Waals surface area (Å²) in [5.74, 6) is 0.805. The number of rotatable bonds is 4. The molecule has 164 valence electrons. The molecule has 0 bridgehead atoms. The number of benzene rings is 2. The van der Waals surface area contributed by atoms with E-state index in [1.165, 1.54) is 0 Å².